The molecule has 26 heavy (non-hydrogen) atoms. The van der Waals surface area contributed by atoms with Gasteiger partial charge in [0.1, 0.15) is 12.2 Å². The first kappa shape index (κ1) is 18.1. The Bertz CT molecular complexity index is 943. The summed E-state index contributed by atoms with van der Waals surface area (Å²) in [5.74, 6) is -4.84. The molecule has 138 valence electrons. The Morgan fingerprint density at radius 1 is 1.27 bits per heavy atom. The predicted molar refractivity (Wildman–Crippen MR) is 84.1 cm³/mol. The van der Waals surface area contributed by atoms with Crippen LogP contribution in [0.1, 0.15) is 10.4 Å². The van der Waals surface area contributed by atoms with Crippen LogP contribution in [0.2, 0.25) is 0 Å². The predicted octanol–water partition coefficient (Wildman–Crippen LogP) is -1.52. The average Bonchev–Trinajstić information content (AvgIpc) is 2.84. The highest BCUT2D eigenvalue weighted by Gasteiger charge is 2.72. The van der Waals surface area contributed by atoms with Crippen LogP contribution in [0.15, 0.2) is 52.2 Å². The maximum atomic E-state index is 15.8. The van der Waals surface area contributed by atoms with Gasteiger partial charge in [-0.25, -0.2) is 9.36 Å². The molecule has 1 aliphatic heterocycles. The standard InChI is InChI=1S/C16H15FN2O7/c17-16(19-7-6-11(21)18-14(19)24)15(25,13(23)10(8-20)26-16)12(22)9-4-2-1-3-5-9/h1-7,10,13,20,23,25H,8H2,(H,18,21,24)/t10-,13-,15-,16+/m1/s1. The Hall–Kier alpha value is -2.66. The summed E-state index contributed by atoms with van der Waals surface area (Å²) in [6.45, 7) is -0.935. The van der Waals surface area contributed by atoms with Crippen LogP contribution in [0.4, 0.5) is 4.39 Å². The summed E-state index contributed by atoms with van der Waals surface area (Å²) in [4.78, 5) is 37.8. The van der Waals surface area contributed by atoms with E-state index in [2.05, 4.69) is 0 Å². The van der Waals surface area contributed by atoms with Crippen LogP contribution < -0.4 is 11.2 Å². The number of nitrogens with one attached hydrogen (secondary N) is 1. The van der Waals surface area contributed by atoms with Crippen molar-refractivity contribution in [3.05, 3.63) is 69.0 Å². The number of benzene rings is 1. The Morgan fingerprint density at radius 2 is 1.92 bits per heavy atom. The van der Waals surface area contributed by atoms with Crippen molar-refractivity contribution in [3.63, 3.8) is 0 Å². The molecule has 0 bridgehead atoms. The Balaban J connectivity index is 2.23. The van der Waals surface area contributed by atoms with Gasteiger partial charge in [-0.15, -0.1) is 0 Å². The van der Waals surface area contributed by atoms with Gasteiger partial charge in [-0.1, -0.05) is 30.3 Å². The zero-order chi connectivity index (χ0) is 19.1. The van der Waals surface area contributed by atoms with Crippen molar-refractivity contribution in [2.75, 3.05) is 6.61 Å². The summed E-state index contributed by atoms with van der Waals surface area (Å²) in [6.07, 6.45) is -3.21. The number of carbonyl (C=O) groups is 1. The first-order valence-corrected chi connectivity index (χ1v) is 7.56. The van der Waals surface area contributed by atoms with Crippen molar-refractivity contribution < 1.29 is 29.2 Å². The Kier molecular flexibility index (Phi) is 4.36. The lowest BCUT2D eigenvalue weighted by Crippen LogP contribution is -2.62. The van der Waals surface area contributed by atoms with Gasteiger partial charge in [-0.2, -0.15) is 4.39 Å². The van der Waals surface area contributed by atoms with E-state index >= 15 is 4.39 Å². The van der Waals surface area contributed by atoms with Crippen molar-refractivity contribution in [1.29, 1.82) is 0 Å². The fraction of sp³-hybridized carbons (Fsp3) is 0.312. The normalized spacial score (nSPS) is 31.1. The smallest absolute Gasteiger partial charge is 0.337 e. The zero-order valence-corrected chi connectivity index (χ0v) is 13.2. The second-order valence-corrected chi connectivity index (χ2v) is 5.79. The van der Waals surface area contributed by atoms with Crippen molar-refractivity contribution in [2.45, 2.75) is 23.8 Å². The minimum absolute atomic E-state index is 0.147. The second kappa shape index (κ2) is 6.25. The second-order valence-electron chi connectivity index (χ2n) is 5.79. The number of hydrogen-bond donors (Lipinski definition) is 4. The summed E-state index contributed by atoms with van der Waals surface area (Å²) in [6, 6.07) is 7.81. The van der Waals surface area contributed by atoms with Gasteiger partial charge in [-0.3, -0.25) is 14.6 Å². The molecule has 2 aromatic rings. The number of halogens is 1. The van der Waals surface area contributed by atoms with Gasteiger partial charge in [0.05, 0.1) is 6.61 Å². The third-order valence-electron chi connectivity index (χ3n) is 4.25. The fourth-order valence-corrected chi connectivity index (χ4v) is 2.91. The summed E-state index contributed by atoms with van der Waals surface area (Å²) in [5.41, 5.74) is -5.57. The van der Waals surface area contributed by atoms with Crippen LogP contribution >= 0.6 is 0 Å². The van der Waals surface area contributed by atoms with Gasteiger partial charge < -0.3 is 20.1 Å². The van der Waals surface area contributed by atoms with Crippen molar-refractivity contribution in [2.24, 2.45) is 0 Å². The molecule has 4 atom stereocenters. The lowest BCUT2D eigenvalue weighted by atomic mass is 9.84. The first-order chi connectivity index (χ1) is 12.3. The van der Waals surface area contributed by atoms with E-state index in [9.17, 15) is 29.7 Å². The van der Waals surface area contributed by atoms with Crippen molar-refractivity contribution >= 4 is 5.78 Å². The number of nitrogens with zero attached hydrogens (tertiary/aromatic N) is 1. The summed E-state index contributed by atoms with van der Waals surface area (Å²) < 4.78 is 20.8. The molecular formula is C16H15FN2O7. The first-order valence-electron chi connectivity index (χ1n) is 7.56. The molecule has 0 aliphatic carbocycles. The zero-order valence-electron chi connectivity index (χ0n) is 13.2. The quantitative estimate of drug-likeness (QED) is 0.482. The molecule has 1 saturated heterocycles. The number of alkyl halides is 1. The van der Waals surface area contributed by atoms with E-state index < -0.39 is 47.4 Å². The molecule has 4 N–H and O–H groups in total. The van der Waals surface area contributed by atoms with Gasteiger partial charge in [0.15, 0.2) is 0 Å². The van der Waals surface area contributed by atoms with E-state index in [4.69, 9.17) is 4.74 Å². The highest BCUT2D eigenvalue weighted by Crippen LogP contribution is 2.46. The lowest BCUT2D eigenvalue weighted by molar-refractivity contribution is -0.262. The SMILES string of the molecule is O=C(c1ccccc1)[C@@]1(O)[C@H](O)[C@@H](CO)O[C@@]1(F)n1ccc(=O)[nH]c1=O. The number of hydrogen-bond acceptors (Lipinski definition) is 7. The summed E-state index contributed by atoms with van der Waals surface area (Å²) >= 11 is 0. The molecule has 0 spiro atoms. The number of H-pyrrole nitrogens is 1. The molecule has 0 amide bonds. The molecule has 1 fully saturated rings. The average molecular weight is 366 g/mol. The van der Waals surface area contributed by atoms with Crippen LogP contribution in [-0.4, -0.2) is 55.1 Å². The molecule has 10 heteroatoms. The highest BCUT2D eigenvalue weighted by atomic mass is 19.2. The van der Waals surface area contributed by atoms with Crippen molar-refractivity contribution in [3.8, 4) is 0 Å². The highest BCUT2D eigenvalue weighted by molar-refractivity contribution is 6.03. The van der Waals surface area contributed by atoms with Gasteiger partial charge in [0.25, 0.3) is 5.56 Å². The van der Waals surface area contributed by atoms with E-state index in [0.29, 0.717) is 6.20 Å². The Morgan fingerprint density at radius 3 is 2.50 bits per heavy atom. The van der Waals surface area contributed by atoms with Gasteiger partial charge in [0, 0.05) is 17.8 Å². The third kappa shape index (κ3) is 2.42. The van der Waals surface area contributed by atoms with Gasteiger partial charge in [0.2, 0.25) is 11.4 Å². The molecule has 2 heterocycles. The molecule has 1 aromatic carbocycles. The number of aliphatic hydroxyl groups is 3. The van der Waals surface area contributed by atoms with Crippen molar-refractivity contribution in [1.82, 2.24) is 9.55 Å². The summed E-state index contributed by atoms with van der Waals surface area (Å²) in [5, 5.41) is 30.5. The molecular weight excluding hydrogens is 351 g/mol. The van der Waals surface area contributed by atoms with E-state index in [-0.39, 0.29) is 10.1 Å². The number of ether oxygens (including phenoxy) is 1. The largest absolute Gasteiger partial charge is 0.394 e. The molecule has 0 saturated carbocycles. The van der Waals surface area contributed by atoms with Crippen LogP contribution in [0, 0.1) is 0 Å². The van der Waals surface area contributed by atoms with Gasteiger partial charge >= 0.3 is 11.7 Å². The molecule has 0 radical (unpaired) electrons. The van der Waals surface area contributed by atoms with Crippen LogP contribution in [0.25, 0.3) is 0 Å². The van der Waals surface area contributed by atoms with Gasteiger partial charge in [-0.05, 0) is 0 Å². The van der Waals surface area contributed by atoms with E-state index in [1.807, 2.05) is 0 Å². The third-order valence-corrected chi connectivity index (χ3v) is 4.25. The molecule has 9 nitrogen and oxygen atoms in total. The number of rotatable bonds is 4. The maximum absolute atomic E-state index is 15.8. The fourth-order valence-electron chi connectivity index (χ4n) is 2.91. The molecule has 3 rings (SSSR count). The number of ketones is 1. The number of aromatic nitrogens is 2. The number of Topliss-reactive ketones (excluding diaryl/α,β-unsaturated/α-hetero) is 1. The van der Waals surface area contributed by atoms with Crippen LogP contribution in [0.3, 0.4) is 0 Å². The van der Waals surface area contributed by atoms with E-state index in [0.717, 1.165) is 6.07 Å². The minimum Gasteiger partial charge on any atom is -0.394 e. The molecule has 1 aliphatic rings. The monoisotopic (exact) mass is 366 g/mol. The van der Waals surface area contributed by atoms with E-state index in [1.165, 1.54) is 24.3 Å². The number of carbonyl (C=O) groups excluding carboxylic acids is 1. The van der Waals surface area contributed by atoms with Crippen LogP contribution in [0.5, 0.6) is 0 Å². The lowest BCUT2D eigenvalue weighted by Gasteiger charge is -2.34. The van der Waals surface area contributed by atoms with E-state index in [1.54, 1.807) is 11.1 Å². The van der Waals surface area contributed by atoms with Crippen LogP contribution in [-0.2, 0) is 10.7 Å². The topological polar surface area (TPSA) is 142 Å². The Labute approximate surface area is 144 Å². The number of aliphatic hydroxyl groups excluding tert-OH is 2. The minimum atomic E-state index is -3.58. The molecule has 1 aromatic heterocycles. The summed E-state index contributed by atoms with van der Waals surface area (Å²) in [7, 11) is 0. The number of aromatic amines is 1. The maximum Gasteiger partial charge on any atom is 0.337 e. The molecule has 0 unspecified atom stereocenters.